The third kappa shape index (κ3) is 5.10. The van der Waals surface area contributed by atoms with Crippen LogP contribution in [0.1, 0.15) is 41.5 Å². The van der Waals surface area contributed by atoms with E-state index in [1.807, 2.05) is 13.8 Å². The monoisotopic (exact) mass is 200 g/mol. The highest BCUT2D eigenvalue weighted by Gasteiger charge is 2.22. The summed E-state index contributed by atoms with van der Waals surface area (Å²) in [6, 6.07) is 0.117. The molecule has 0 radical (unpaired) electrons. The second kappa shape index (κ2) is 5.23. The lowest BCUT2D eigenvalue weighted by atomic mass is 9.81. The summed E-state index contributed by atoms with van der Waals surface area (Å²) in [5.41, 5.74) is 0.147. The van der Waals surface area contributed by atoms with Crippen LogP contribution in [-0.4, -0.2) is 18.6 Å². The smallest absolute Gasteiger partial charge is 0.315 e. The quantitative estimate of drug-likeness (QED) is 0.718. The number of hydrogen-bond acceptors (Lipinski definition) is 1. The molecule has 0 heterocycles. The molecule has 2 N–H and O–H groups in total. The first-order valence-electron chi connectivity index (χ1n) is 5.30. The summed E-state index contributed by atoms with van der Waals surface area (Å²) in [7, 11) is 0. The summed E-state index contributed by atoms with van der Waals surface area (Å²) in [6.45, 7) is 13.3. The number of urea groups is 1. The minimum Gasteiger partial charge on any atom is -0.338 e. The molecule has 0 fully saturated rings. The second-order valence-electron chi connectivity index (χ2n) is 5.12. The third-order valence-corrected chi connectivity index (χ3v) is 2.69. The molecule has 0 aromatic carbocycles. The lowest BCUT2D eigenvalue weighted by Crippen LogP contribution is -2.44. The minimum absolute atomic E-state index is 0.0753. The zero-order valence-electron chi connectivity index (χ0n) is 10.3. The van der Waals surface area contributed by atoms with E-state index in [2.05, 4.69) is 38.3 Å². The summed E-state index contributed by atoms with van der Waals surface area (Å²) in [4.78, 5) is 11.3. The lowest BCUT2D eigenvalue weighted by molar-refractivity contribution is 0.214. The maximum absolute atomic E-state index is 11.3. The molecule has 0 saturated carbocycles. The number of carbonyl (C=O) groups excluding carboxylic acids is 1. The molecule has 0 aliphatic rings. The van der Waals surface area contributed by atoms with Crippen LogP contribution < -0.4 is 10.6 Å². The van der Waals surface area contributed by atoms with Crippen LogP contribution in [0.5, 0.6) is 0 Å². The Hall–Kier alpha value is -0.730. The maximum Gasteiger partial charge on any atom is 0.315 e. The highest BCUT2D eigenvalue weighted by molar-refractivity contribution is 5.74. The Balaban J connectivity index is 3.88. The molecule has 0 unspecified atom stereocenters. The Morgan fingerprint density at radius 1 is 1.21 bits per heavy atom. The van der Waals surface area contributed by atoms with Crippen molar-refractivity contribution < 1.29 is 4.79 Å². The molecule has 0 rings (SSSR count). The van der Waals surface area contributed by atoms with Crippen molar-refractivity contribution in [1.29, 1.82) is 0 Å². The molecule has 3 nitrogen and oxygen atoms in total. The van der Waals surface area contributed by atoms with Gasteiger partial charge < -0.3 is 10.6 Å². The fourth-order valence-electron chi connectivity index (χ4n) is 0.825. The summed E-state index contributed by atoms with van der Waals surface area (Å²) in [5, 5.41) is 5.69. The Kier molecular flexibility index (Phi) is 4.95. The average Bonchev–Trinajstić information content (AvgIpc) is 1.99. The Morgan fingerprint density at radius 2 is 1.71 bits per heavy atom. The van der Waals surface area contributed by atoms with Gasteiger partial charge in [0.15, 0.2) is 0 Å². The predicted molar refractivity (Wildman–Crippen MR) is 60.3 cm³/mol. The largest absolute Gasteiger partial charge is 0.338 e. The fraction of sp³-hybridized carbons (Fsp3) is 0.909. The first-order valence-corrected chi connectivity index (χ1v) is 5.30. The van der Waals surface area contributed by atoms with Crippen molar-refractivity contribution in [2.24, 2.45) is 11.3 Å². The Labute approximate surface area is 87.6 Å². The van der Waals surface area contributed by atoms with Crippen LogP contribution in [-0.2, 0) is 0 Å². The zero-order valence-corrected chi connectivity index (χ0v) is 10.3. The van der Waals surface area contributed by atoms with E-state index in [-0.39, 0.29) is 17.5 Å². The van der Waals surface area contributed by atoms with Crippen LogP contribution >= 0.6 is 0 Å². The lowest BCUT2D eigenvalue weighted by Gasteiger charge is -2.29. The van der Waals surface area contributed by atoms with Crippen molar-refractivity contribution >= 4 is 6.03 Å². The van der Waals surface area contributed by atoms with Gasteiger partial charge in [-0.05, 0) is 25.2 Å². The van der Waals surface area contributed by atoms with E-state index in [9.17, 15) is 4.79 Å². The van der Waals surface area contributed by atoms with Crippen LogP contribution in [0.15, 0.2) is 0 Å². The number of hydrogen-bond donors (Lipinski definition) is 2. The average molecular weight is 200 g/mol. The van der Waals surface area contributed by atoms with Gasteiger partial charge in [0.05, 0.1) is 0 Å². The SMILES string of the molecule is CC(C)NC(=O)NCC(C)(C)C(C)C. The molecule has 0 saturated heterocycles. The van der Waals surface area contributed by atoms with E-state index in [1.54, 1.807) is 0 Å². The van der Waals surface area contributed by atoms with Gasteiger partial charge in [0.2, 0.25) is 0 Å². The van der Waals surface area contributed by atoms with Crippen molar-refractivity contribution in [2.45, 2.75) is 47.6 Å². The van der Waals surface area contributed by atoms with Crippen LogP contribution in [0.4, 0.5) is 4.79 Å². The summed E-state index contributed by atoms with van der Waals surface area (Å²) < 4.78 is 0. The van der Waals surface area contributed by atoms with Crippen molar-refractivity contribution in [3.05, 3.63) is 0 Å². The fourth-order valence-corrected chi connectivity index (χ4v) is 0.825. The van der Waals surface area contributed by atoms with Gasteiger partial charge in [0, 0.05) is 12.6 Å². The van der Waals surface area contributed by atoms with Crippen LogP contribution in [0, 0.1) is 11.3 Å². The molecule has 0 aliphatic carbocycles. The predicted octanol–water partition coefficient (Wildman–Crippen LogP) is 2.38. The first kappa shape index (κ1) is 13.3. The molecular formula is C11H24N2O. The van der Waals surface area contributed by atoms with Crippen LogP contribution in [0.25, 0.3) is 0 Å². The Morgan fingerprint density at radius 3 is 2.07 bits per heavy atom. The molecule has 0 bridgehead atoms. The van der Waals surface area contributed by atoms with Crippen LogP contribution in [0.2, 0.25) is 0 Å². The standard InChI is InChI=1S/C11H24N2O/c1-8(2)11(5,6)7-12-10(14)13-9(3)4/h8-9H,7H2,1-6H3,(H2,12,13,14). The number of nitrogens with one attached hydrogen (secondary N) is 2. The summed E-state index contributed by atoms with van der Waals surface area (Å²) >= 11 is 0. The van der Waals surface area contributed by atoms with Crippen molar-refractivity contribution in [3.63, 3.8) is 0 Å². The van der Waals surface area contributed by atoms with E-state index in [0.29, 0.717) is 12.5 Å². The van der Waals surface area contributed by atoms with Gasteiger partial charge in [0.25, 0.3) is 0 Å². The molecular weight excluding hydrogens is 176 g/mol. The molecule has 2 amide bonds. The maximum atomic E-state index is 11.3. The molecule has 0 spiro atoms. The van der Waals surface area contributed by atoms with Gasteiger partial charge >= 0.3 is 6.03 Å². The van der Waals surface area contributed by atoms with E-state index in [4.69, 9.17) is 0 Å². The first-order chi connectivity index (χ1) is 6.25. The summed E-state index contributed by atoms with van der Waals surface area (Å²) in [6.07, 6.45) is 0. The Bertz CT molecular complexity index is 186. The summed E-state index contributed by atoms with van der Waals surface area (Å²) in [5.74, 6) is 0.557. The second-order valence-corrected chi connectivity index (χ2v) is 5.12. The minimum atomic E-state index is -0.0753. The topological polar surface area (TPSA) is 41.1 Å². The molecule has 0 aromatic rings. The molecule has 0 aromatic heterocycles. The molecule has 3 heteroatoms. The normalized spacial score (nSPS) is 12.0. The van der Waals surface area contributed by atoms with E-state index < -0.39 is 0 Å². The van der Waals surface area contributed by atoms with Crippen LogP contribution in [0.3, 0.4) is 0 Å². The van der Waals surface area contributed by atoms with Crippen molar-refractivity contribution in [1.82, 2.24) is 10.6 Å². The number of carbonyl (C=O) groups is 1. The van der Waals surface area contributed by atoms with E-state index >= 15 is 0 Å². The highest BCUT2D eigenvalue weighted by atomic mass is 16.2. The van der Waals surface area contributed by atoms with Gasteiger partial charge in [-0.3, -0.25) is 0 Å². The third-order valence-electron chi connectivity index (χ3n) is 2.69. The highest BCUT2D eigenvalue weighted by Crippen LogP contribution is 2.24. The van der Waals surface area contributed by atoms with Gasteiger partial charge in [-0.2, -0.15) is 0 Å². The zero-order chi connectivity index (χ0) is 11.4. The number of amides is 2. The molecule has 0 atom stereocenters. The molecule has 0 aliphatic heterocycles. The van der Waals surface area contributed by atoms with Crippen molar-refractivity contribution in [3.8, 4) is 0 Å². The van der Waals surface area contributed by atoms with E-state index in [1.165, 1.54) is 0 Å². The molecule has 14 heavy (non-hydrogen) atoms. The number of rotatable bonds is 4. The van der Waals surface area contributed by atoms with Gasteiger partial charge in [-0.25, -0.2) is 4.79 Å². The van der Waals surface area contributed by atoms with Gasteiger partial charge in [0.1, 0.15) is 0 Å². The van der Waals surface area contributed by atoms with Crippen molar-refractivity contribution in [2.75, 3.05) is 6.54 Å². The van der Waals surface area contributed by atoms with E-state index in [0.717, 1.165) is 0 Å². The van der Waals surface area contributed by atoms with Gasteiger partial charge in [-0.15, -0.1) is 0 Å². The van der Waals surface area contributed by atoms with Gasteiger partial charge in [-0.1, -0.05) is 27.7 Å². The molecule has 84 valence electrons.